The Morgan fingerprint density at radius 3 is 2.48 bits per heavy atom. The van der Waals surface area contributed by atoms with Crippen molar-refractivity contribution in [1.29, 1.82) is 0 Å². The second-order valence-corrected chi connectivity index (χ2v) is 6.21. The zero-order chi connectivity index (χ0) is 21.3. The molecule has 29 heavy (non-hydrogen) atoms. The molecule has 0 aliphatic rings. The number of carbonyl (C=O) groups excluding carboxylic acids is 1. The van der Waals surface area contributed by atoms with Gasteiger partial charge in [-0.15, -0.1) is 0 Å². The molecule has 0 saturated carbocycles. The summed E-state index contributed by atoms with van der Waals surface area (Å²) >= 11 is 0. The molecular formula is C20H23F3N4O2. The third kappa shape index (κ3) is 8.12. The van der Waals surface area contributed by atoms with E-state index in [2.05, 4.69) is 20.9 Å². The molecule has 0 aliphatic heterocycles. The van der Waals surface area contributed by atoms with E-state index in [1.807, 2.05) is 18.2 Å². The minimum atomic E-state index is -4.42. The Labute approximate surface area is 167 Å². The number of ether oxygens (including phenoxy) is 1. The quantitative estimate of drug-likeness (QED) is 0.486. The van der Waals surface area contributed by atoms with Crippen molar-refractivity contribution in [2.24, 2.45) is 4.99 Å². The van der Waals surface area contributed by atoms with Crippen molar-refractivity contribution in [3.8, 4) is 5.75 Å². The van der Waals surface area contributed by atoms with Gasteiger partial charge in [-0.25, -0.2) is 0 Å². The van der Waals surface area contributed by atoms with Crippen molar-refractivity contribution < 1.29 is 22.7 Å². The molecule has 0 bridgehead atoms. The first-order valence-corrected chi connectivity index (χ1v) is 8.85. The lowest BCUT2D eigenvalue weighted by Gasteiger charge is -2.16. The van der Waals surface area contributed by atoms with E-state index in [1.165, 1.54) is 7.05 Å². The van der Waals surface area contributed by atoms with Crippen molar-refractivity contribution in [2.45, 2.75) is 19.6 Å². The number of anilines is 1. The molecule has 0 aliphatic carbocycles. The SMILES string of the molecule is CN=C(NCC(=O)Nc1ccccc1)NCc1ccc(C)cc1OCC(F)(F)F. The summed E-state index contributed by atoms with van der Waals surface area (Å²) in [4.78, 5) is 16.0. The molecule has 3 N–H and O–H groups in total. The van der Waals surface area contributed by atoms with Crippen LogP contribution in [0.1, 0.15) is 11.1 Å². The minimum absolute atomic E-state index is 0.0279. The lowest BCUT2D eigenvalue weighted by Crippen LogP contribution is -2.41. The normalized spacial score (nSPS) is 11.7. The second kappa shape index (κ2) is 10.4. The number of guanidine groups is 1. The third-order valence-electron chi connectivity index (χ3n) is 3.76. The van der Waals surface area contributed by atoms with Crippen LogP contribution in [0.5, 0.6) is 5.75 Å². The molecule has 0 atom stereocenters. The molecule has 0 saturated heterocycles. The van der Waals surface area contributed by atoms with E-state index in [0.29, 0.717) is 17.2 Å². The molecule has 0 aromatic heterocycles. The molecule has 2 aromatic carbocycles. The Hall–Kier alpha value is -3.23. The van der Waals surface area contributed by atoms with Crippen LogP contribution in [0.4, 0.5) is 18.9 Å². The van der Waals surface area contributed by atoms with Crippen LogP contribution in [0.3, 0.4) is 0 Å². The van der Waals surface area contributed by atoms with Gasteiger partial charge in [-0.2, -0.15) is 13.2 Å². The predicted molar refractivity (Wildman–Crippen MR) is 106 cm³/mol. The van der Waals surface area contributed by atoms with Crippen molar-refractivity contribution in [3.05, 3.63) is 59.7 Å². The Balaban J connectivity index is 1.89. The van der Waals surface area contributed by atoms with Crippen LogP contribution < -0.4 is 20.7 Å². The van der Waals surface area contributed by atoms with Gasteiger partial charge in [-0.1, -0.05) is 30.3 Å². The standard InChI is InChI=1S/C20H23F3N4O2/c1-14-8-9-15(17(10-14)29-13-20(21,22)23)11-25-19(24-2)26-12-18(28)27-16-6-4-3-5-7-16/h3-10H,11-13H2,1-2H3,(H,27,28)(H2,24,25,26). The summed E-state index contributed by atoms with van der Waals surface area (Å²) in [5.41, 5.74) is 2.00. The summed E-state index contributed by atoms with van der Waals surface area (Å²) in [6, 6.07) is 14.0. The largest absolute Gasteiger partial charge is 0.484 e. The zero-order valence-corrected chi connectivity index (χ0v) is 16.1. The van der Waals surface area contributed by atoms with Gasteiger partial charge >= 0.3 is 6.18 Å². The smallest absolute Gasteiger partial charge is 0.422 e. The summed E-state index contributed by atoms with van der Waals surface area (Å²) in [7, 11) is 1.53. The monoisotopic (exact) mass is 408 g/mol. The van der Waals surface area contributed by atoms with Gasteiger partial charge in [0.25, 0.3) is 0 Å². The van der Waals surface area contributed by atoms with Crippen LogP contribution in [-0.2, 0) is 11.3 Å². The highest BCUT2D eigenvalue weighted by Crippen LogP contribution is 2.23. The molecule has 0 radical (unpaired) electrons. The van der Waals surface area contributed by atoms with Gasteiger partial charge in [0, 0.05) is 24.8 Å². The van der Waals surface area contributed by atoms with Crippen LogP contribution in [0.15, 0.2) is 53.5 Å². The molecule has 2 aromatic rings. The number of aryl methyl sites for hydroxylation is 1. The van der Waals surface area contributed by atoms with Gasteiger partial charge in [-0.3, -0.25) is 9.79 Å². The minimum Gasteiger partial charge on any atom is -0.484 e. The summed E-state index contributed by atoms with van der Waals surface area (Å²) in [6.45, 7) is 0.549. The highest BCUT2D eigenvalue weighted by atomic mass is 19.4. The Kier molecular flexibility index (Phi) is 7.88. The average Bonchev–Trinajstić information content (AvgIpc) is 2.67. The van der Waals surface area contributed by atoms with Gasteiger partial charge in [0.05, 0.1) is 6.54 Å². The third-order valence-corrected chi connectivity index (χ3v) is 3.76. The topological polar surface area (TPSA) is 74.8 Å². The van der Waals surface area contributed by atoms with Gasteiger partial charge in [0.2, 0.25) is 5.91 Å². The van der Waals surface area contributed by atoms with Crippen LogP contribution in [-0.4, -0.2) is 38.2 Å². The van der Waals surface area contributed by atoms with Gasteiger partial charge in [0.1, 0.15) is 5.75 Å². The molecule has 9 heteroatoms. The maximum Gasteiger partial charge on any atom is 0.422 e. The average molecular weight is 408 g/mol. The van der Waals surface area contributed by atoms with E-state index in [-0.39, 0.29) is 24.7 Å². The number of benzene rings is 2. The first-order chi connectivity index (χ1) is 13.8. The van der Waals surface area contributed by atoms with E-state index in [1.54, 1.807) is 37.3 Å². The second-order valence-electron chi connectivity index (χ2n) is 6.21. The Morgan fingerprint density at radius 2 is 1.83 bits per heavy atom. The molecule has 1 amide bonds. The number of aliphatic imine (C=N–C) groups is 1. The van der Waals surface area contributed by atoms with E-state index >= 15 is 0 Å². The maximum absolute atomic E-state index is 12.5. The van der Waals surface area contributed by atoms with E-state index in [4.69, 9.17) is 4.74 Å². The molecule has 0 fully saturated rings. The van der Waals surface area contributed by atoms with Crippen LogP contribution in [0.2, 0.25) is 0 Å². The summed E-state index contributed by atoms with van der Waals surface area (Å²) in [5, 5.41) is 8.54. The van der Waals surface area contributed by atoms with Gasteiger partial charge in [-0.05, 0) is 30.7 Å². The van der Waals surface area contributed by atoms with Crippen LogP contribution in [0.25, 0.3) is 0 Å². The molecule has 2 rings (SSSR count). The number of amides is 1. The van der Waals surface area contributed by atoms with Gasteiger partial charge < -0.3 is 20.7 Å². The highest BCUT2D eigenvalue weighted by Gasteiger charge is 2.28. The lowest BCUT2D eigenvalue weighted by atomic mass is 10.1. The van der Waals surface area contributed by atoms with Crippen molar-refractivity contribution >= 4 is 17.6 Å². The van der Waals surface area contributed by atoms with Crippen molar-refractivity contribution in [2.75, 3.05) is 25.5 Å². The fraction of sp³-hybridized carbons (Fsp3) is 0.300. The zero-order valence-electron chi connectivity index (χ0n) is 16.1. The number of halogens is 3. The van der Waals surface area contributed by atoms with E-state index in [9.17, 15) is 18.0 Å². The molecule has 0 unspecified atom stereocenters. The van der Waals surface area contributed by atoms with Crippen LogP contribution >= 0.6 is 0 Å². The molecular weight excluding hydrogens is 385 g/mol. The number of para-hydroxylation sites is 1. The molecule has 6 nitrogen and oxygen atoms in total. The Morgan fingerprint density at radius 1 is 1.10 bits per heavy atom. The number of rotatable bonds is 7. The molecule has 156 valence electrons. The molecule has 0 heterocycles. The van der Waals surface area contributed by atoms with Crippen LogP contribution in [0, 0.1) is 6.92 Å². The van der Waals surface area contributed by atoms with Gasteiger partial charge in [0.15, 0.2) is 12.6 Å². The highest BCUT2D eigenvalue weighted by molar-refractivity contribution is 5.94. The Bertz CT molecular complexity index is 839. The maximum atomic E-state index is 12.5. The number of hydrogen-bond donors (Lipinski definition) is 3. The summed E-state index contributed by atoms with van der Waals surface area (Å²) in [5.74, 6) is 0.214. The lowest BCUT2D eigenvalue weighted by molar-refractivity contribution is -0.153. The fourth-order valence-electron chi connectivity index (χ4n) is 2.39. The fourth-order valence-corrected chi connectivity index (χ4v) is 2.39. The van der Waals surface area contributed by atoms with Crippen molar-refractivity contribution in [1.82, 2.24) is 10.6 Å². The summed E-state index contributed by atoms with van der Waals surface area (Å²) in [6.07, 6.45) is -4.42. The first kappa shape index (κ1) is 22.1. The first-order valence-electron chi connectivity index (χ1n) is 8.85. The number of hydrogen-bond acceptors (Lipinski definition) is 3. The number of alkyl halides is 3. The summed E-state index contributed by atoms with van der Waals surface area (Å²) < 4.78 is 42.3. The molecule has 0 spiro atoms. The number of carbonyl (C=O) groups is 1. The number of nitrogens with one attached hydrogen (secondary N) is 3. The number of nitrogens with zero attached hydrogens (tertiary/aromatic N) is 1. The van der Waals surface area contributed by atoms with Crippen molar-refractivity contribution in [3.63, 3.8) is 0 Å². The van der Waals surface area contributed by atoms with E-state index in [0.717, 1.165) is 5.56 Å². The predicted octanol–water partition coefficient (Wildman–Crippen LogP) is 3.24. The van der Waals surface area contributed by atoms with E-state index < -0.39 is 12.8 Å².